The van der Waals surface area contributed by atoms with Gasteiger partial charge in [-0.2, -0.15) is 0 Å². The lowest BCUT2D eigenvalue weighted by atomic mass is 10.1. The lowest BCUT2D eigenvalue weighted by Gasteiger charge is -2.23. The normalized spacial score (nSPS) is 11.9. The number of amides is 1. The van der Waals surface area contributed by atoms with Crippen molar-refractivity contribution in [1.29, 1.82) is 0 Å². The van der Waals surface area contributed by atoms with Crippen LogP contribution < -0.4 is 0 Å². The van der Waals surface area contributed by atoms with Gasteiger partial charge in [0.25, 0.3) is 11.6 Å². The summed E-state index contributed by atoms with van der Waals surface area (Å²) >= 11 is 0. The Morgan fingerprint density at radius 2 is 2.00 bits per heavy atom. The Balaban J connectivity index is 2.86. The Morgan fingerprint density at radius 3 is 2.41 bits per heavy atom. The first-order chi connectivity index (χ1) is 7.97. The molecule has 1 N–H and O–H groups in total. The predicted molar refractivity (Wildman–Crippen MR) is 61.7 cm³/mol. The average molecular weight is 238 g/mol. The zero-order valence-electron chi connectivity index (χ0n) is 9.66. The van der Waals surface area contributed by atoms with Crippen LogP contribution in [0.5, 0.6) is 0 Å². The Morgan fingerprint density at radius 1 is 1.47 bits per heavy atom. The van der Waals surface area contributed by atoms with Gasteiger partial charge in [-0.1, -0.05) is 0 Å². The van der Waals surface area contributed by atoms with Crippen LogP contribution in [0, 0.1) is 10.1 Å². The molecule has 6 nitrogen and oxygen atoms in total. The number of aliphatic hydroxyl groups excluding tert-OH is 1. The molecule has 0 saturated heterocycles. The fraction of sp³-hybridized carbons (Fsp3) is 0.364. The van der Waals surface area contributed by atoms with Gasteiger partial charge in [0.1, 0.15) is 0 Å². The van der Waals surface area contributed by atoms with Crippen LogP contribution in [-0.2, 0) is 0 Å². The highest BCUT2D eigenvalue weighted by Crippen LogP contribution is 2.13. The summed E-state index contributed by atoms with van der Waals surface area (Å²) in [5.41, 5.74) is 0.304. The van der Waals surface area contributed by atoms with Crippen LogP contribution in [0.15, 0.2) is 24.3 Å². The number of benzene rings is 1. The average Bonchev–Trinajstić information content (AvgIpc) is 2.36. The van der Waals surface area contributed by atoms with Crippen molar-refractivity contribution in [3.8, 4) is 0 Å². The van der Waals surface area contributed by atoms with Crippen LogP contribution in [0.25, 0.3) is 0 Å². The molecule has 1 atom stereocenters. The van der Waals surface area contributed by atoms with Crippen LogP contribution >= 0.6 is 0 Å². The van der Waals surface area contributed by atoms with Crippen molar-refractivity contribution in [3.05, 3.63) is 39.9 Å². The molecular weight excluding hydrogens is 224 g/mol. The highest BCUT2D eigenvalue weighted by atomic mass is 16.6. The predicted octanol–water partition coefficient (Wildman–Crippen LogP) is 1.05. The lowest BCUT2D eigenvalue weighted by molar-refractivity contribution is -0.384. The Bertz CT molecular complexity index is 416. The van der Waals surface area contributed by atoms with Crippen molar-refractivity contribution < 1.29 is 14.8 Å². The molecule has 0 heterocycles. The van der Waals surface area contributed by atoms with Gasteiger partial charge in [-0.3, -0.25) is 14.9 Å². The highest BCUT2D eigenvalue weighted by Gasteiger charge is 2.17. The molecular formula is C11H14N2O4. The highest BCUT2D eigenvalue weighted by molar-refractivity contribution is 5.94. The zero-order valence-corrected chi connectivity index (χ0v) is 9.66. The fourth-order valence-electron chi connectivity index (χ4n) is 1.25. The third kappa shape index (κ3) is 3.01. The first-order valence-electron chi connectivity index (χ1n) is 5.10. The molecule has 0 bridgehead atoms. The second-order valence-corrected chi connectivity index (χ2v) is 3.75. The van der Waals surface area contributed by atoms with Crippen LogP contribution in [0.3, 0.4) is 0 Å². The molecule has 1 aromatic carbocycles. The number of rotatable bonds is 4. The molecule has 0 fully saturated rings. The van der Waals surface area contributed by atoms with Gasteiger partial charge < -0.3 is 10.0 Å². The van der Waals surface area contributed by atoms with E-state index in [0.29, 0.717) is 5.56 Å². The zero-order chi connectivity index (χ0) is 13.0. The summed E-state index contributed by atoms with van der Waals surface area (Å²) in [6, 6.07) is 5.08. The third-order valence-corrected chi connectivity index (χ3v) is 2.57. The molecule has 0 saturated carbocycles. The van der Waals surface area contributed by atoms with E-state index in [0.717, 1.165) is 0 Å². The van der Waals surface area contributed by atoms with Crippen LogP contribution in [0.1, 0.15) is 17.3 Å². The number of nitro benzene ring substituents is 1. The van der Waals surface area contributed by atoms with Crippen molar-refractivity contribution in [2.45, 2.75) is 13.0 Å². The number of non-ortho nitro benzene ring substituents is 1. The molecule has 92 valence electrons. The fourth-order valence-corrected chi connectivity index (χ4v) is 1.25. The van der Waals surface area contributed by atoms with E-state index in [1.54, 1.807) is 14.0 Å². The summed E-state index contributed by atoms with van der Waals surface area (Å²) in [6.45, 7) is 1.58. The number of nitro groups is 1. The van der Waals surface area contributed by atoms with E-state index in [4.69, 9.17) is 5.11 Å². The minimum Gasteiger partial charge on any atom is -0.394 e. The topological polar surface area (TPSA) is 83.7 Å². The molecule has 0 aliphatic heterocycles. The van der Waals surface area contributed by atoms with Crippen molar-refractivity contribution >= 4 is 11.6 Å². The van der Waals surface area contributed by atoms with Crippen molar-refractivity contribution in [1.82, 2.24) is 4.90 Å². The van der Waals surface area contributed by atoms with E-state index in [9.17, 15) is 14.9 Å². The first-order valence-corrected chi connectivity index (χ1v) is 5.10. The van der Waals surface area contributed by atoms with Crippen molar-refractivity contribution in [2.24, 2.45) is 0 Å². The van der Waals surface area contributed by atoms with Crippen LogP contribution in [0.2, 0.25) is 0 Å². The van der Waals surface area contributed by atoms with Gasteiger partial charge in [-0.05, 0) is 19.1 Å². The van der Waals surface area contributed by atoms with E-state index >= 15 is 0 Å². The molecule has 17 heavy (non-hydrogen) atoms. The molecule has 0 aliphatic carbocycles. The summed E-state index contributed by atoms with van der Waals surface area (Å²) in [4.78, 5) is 23.2. The minimum atomic E-state index is -0.520. The molecule has 1 aromatic rings. The van der Waals surface area contributed by atoms with Crippen molar-refractivity contribution in [3.63, 3.8) is 0 Å². The molecule has 0 aliphatic rings. The Labute approximate surface area is 98.6 Å². The van der Waals surface area contributed by atoms with Gasteiger partial charge in [0.15, 0.2) is 0 Å². The van der Waals surface area contributed by atoms with Gasteiger partial charge >= 0.3 is 0 Å². The number of aliphatic hydroxyl groups is 1. The van der Waals surface area contributed by atoms with Gasteiger partial charge in [-0.25, -0.2) is 0 Å². The number of carbonyl (C=O) groups excluding carboxylic acids is 1. The summed E-state index contributed by atoms with van der Waals surface area (Å²) in [7, 11) is 1.57. The van der Waals surface area contributed by atoms with E-state index in [1.807, 2.05) is 0 Å². The van der Waals surface area contributed by atoms with Gasteiger partial charge in [-0.15, -0.1) is 0 Å². The molecule has 1 rings (SSSR count). The van der Waals surface area contributed by atoms with Gasteiger partial charge in [0.05, 0.1) is 17.6 Å². The molecule has 6 heteroatoms. The standard InChI is InChI=1S/C11H14N2O4/c1-8(7-14)12(2)11(15)9-3-5-10(6-4-9)13(16)17/h3-6,8,14H,7H2,1-2H3. The SMILES string of the molecule is CC(CO)N(C)C(=O)c1ccc([N+](=O)[O-])cc1. The number of carbonyl (C=O) groups is 1. The summed E-state index contributed by atoms with van der Waals surface area (Å²) in [5.74, 6) is -0.276. The lowest BCUT2D eigenvalue weighted by Crippen LogP contribution is -2.37. The third-order valence-electron chi connectivity index (χ3n) is 2.57. The number of hydrogen-bond acceptors (Lipinski definition) is 4. The van der Waals surface area contributed by atoms with E-state index < -0.39 is 4.92 Å². The van der Waals surface area contributed by atoms with Crippen LogP contribution in [0.4, 0.5) is 5.69 Å². The van der Waals surface area contributed by atoms with Crippen molar-refractivity contribution in [2.75, 3.05) is 13.7 Å². The van der Waals surface area contributed by atoms with Gasteiger partial charge in [0.2, 0.25) is 0 Å². The number of likely N-dealkylation sites (N-methyl/N-ethyl adjacent to an activating group) is 1. The Kier molecular flexibility index (Phi) is 4.17. The maximum atomic E-state index is 11.9. The maximum absolute atomic E-state index is 11.9. The van der Waals surface area contributed by atoms with E-state index in [1.165, 1.54) is 29.2 Å². The molecule has 1 amide bonds. The molecule has 0 spiro atoms. The smallest absolute Gasteiger partial charge is 0.269 e. The quantitative estimate of drug-likeness (QED) is 0.627. The second kappa shape index (κ2) is 5.40. The van der Waals surface area contributed by atoms with E-state index in [2.05, 4.69) is 0 Å². The Hall–Kier alpha value is -1.95. The van der Waals surface area contributed by atoms with Crippen LogP contribution in [-0.4, -0.2) is 40.5 Å². The number of hydrogen-bond donors (Lipinski definition) is 1. The summed E-state index contributed by atoms with van der Waals surface area (Å²) in [5, 5.41) is 19.4. The second-order valence-electron chi connectivity index (χ2n) is 3.75. The first kappa shape index (κ1) is 13.1. The summed E-state index contributed by atoms with van der Waals surface area (Å²) < 4.78 is 0. The number of nitrogens with zero attached hydrogens (tertiary/aromatic N) is 2. The molecule has 1 unspecified atom stereocenters. The summed E-state index contributed by atoms with van der Waals surface area (Å²) in [6.07, 6.45) is 0. The van der Waals surface area contributed by atoms with E-state index in [-0.39, 0.29) is 24.2 Å². The van der Waals surface area contributed by atoms with Gasteiger partial charge in [0, 0.05) is 24.7 Å². The monoisotopic (exact) mass is 238 g/mol. The molecule has 0 radical (unpaired) electrons. The minimum absolute atomic E-state index is 0.0561. The molecule has 0 aromatic heterocycles. The largest absolute Gasteiger partial charge is 0.394 e. The maximum Gasteiger partial charge on any atom is 0.269 e.